The highest BCUT2D eigenvalue weighted by Crippen LogP contribution is 2.24. The molecule has 112 valence electrons. The third-order valence-electron chi connectivity index (χ3n) is 4.26. The molecule has 0 radical (unpaired) electrons. The van der Waals surface area contributed by atoms with Crippen LogP contribution in [0.3, 0.4) is 0 Å². The third-order valence-corrected chi connectivity index (χ3v) is 4.26. The van der Waals surface area contributed by atoms with Crippen molar-refractivity contribution in [1.82, 2.24) is 9.47 Å². The lowest BCUT2D eigenvalue weighted by molar-refractivity contribution is -0.133. The second-order valence-corrected chi connectivity index (χ2v) is 5.52. The van der Waals surface area contributed by atoms with Gasteiger partial charge in [-0.3, -0.25) is 9.36 Å². The predicted molar refractivity (Wildman–Crippen MR) is 76.8 cm³/mol. The fraction of sp³-hybridized carbons (Fsp3) is 0.467. The van der Waals surface area contributed by atoms with Crippen molar-refractivity contribution < 1.29 is 14.3 Å². The summed E-state index contributed by atoms with van der Waals surface area (Å²) in [6.45, 7) is 2.54. The van der Waals surface area contributed by atoms with Crippen LogP contribution >= 0.6 is 0 Å². The zero-order chi connectivity index (χ0) is 15.0. The van der Waals surface area contributed by atoms with Crippen molar-refractivity contribution >= 4 is 17.0 Å². The van der Waals surface area contributed by atoms with Crippen molar-refractivity contribution in [2.75, 3.05) is 13.2 Å². The van der Waals surface area contributed by atoms with Gasteiger partial charge in [0.1, 0.15) is 6.54 Å². The lowest BCUT2D eigenvalue weighted by Crippen LogP contribution is -2.42. The predicted octanol–water partition coefficient (Wildman–Crippen LogP) is 0.824. The third kappa shape index (κ3) is 2.35. The molecule has 1 aromatic carbocycles. The van der Waals surface area contributed by atoms with Crippen molar-refractivity contribution in [2.45, 2.75) is 25.9 Å². The Morgan fingerprint density at radius 3 is 2.95 bits per heavy atom. The van der Waals surface area contributed by atoms with E-state index in [9.17, 15) is 14.7 Å². The Balaban J connectivity index is 1.87. The van der Waals surface area contributed by atoms with Gasteiger partial charge in [-0.1, -0.05) is 19.1 Å². The summed E-state index contributed by atoms with van der Waals surface area (Å²) in [5.41, 5.74) is 1.09. The first-order chi connectivity index (χ1) is 10.1. The number of amides is 1. The van der Waals surface area contributed by atoms with E-state index in [0.29, 0.717) is 17.6 Å². The molecule has 6 heteroatoms. The molecule has 2 heterocycles. The van der Waals surface area contributed by atoms with Crippen LogP contribution in [0.25, 0.3) is 11.1 Å². The average Bonchev–Trinajstić information content (AvgIpc) is 3.00. The minimum atomic E-state index is -0.530. The number of aromatic nitrogens is 1. The Bertz CT molecular complexity index is 718. The molecule has 2 unspecified atom stereocenters. The zero-order valence-corrected chi connectivity index (χ0v) is 11.9. The van der Waals surface area contributed by atoms with Gasteiger partial charge in [-0.15, -0.1) is 0 Å². The van der Waals surface area contributed by atoms with Crippen LogP contribution in [0, 0.1) is 5.92 Å². The summed E-state index contributed by atoms with van der Waals surface area (Å²) in [6, 6.07) is 6.87. The van der Waals surface area contributed by atoms with Gasteiger partial charge in [0.15, 0.2) is 5.58 Å². The van der Waals surface area contributed by atoms with Crippen LogP contribution in [0.15, 0.2) is 33.5 Å². The number of fused-ring (bicyclic) bond motifs is 1. The first kappa shape index (κ1) is 13.9. The molecule has 1 fully saturated rings. The highest BCUT2D eigenvalue weighted by molar-refractivity contribution is 5.80. The molecule has 1 amide bonds. The molecule has 0 aliphatic carbocycles. The lowest BCUT2D eigenvalue weighted by atomic mass is 10.0. The van der Waals surface area contributed by atoms with Gasteiger partial charge >= 0.3 is 5.76 Å². The van der Waals surface area contributed by atoms with Crippen molar-refractivity contribution in [1.29, 1.82) is 0 Å². The van der Waals surface area contributed by atoms with E-state index >= 15 is 0 Å². The van der Waals surface area contributed by atoms with E-state index in [1.165, 1.54) is 4.57 Å². The van der Waals surface area contributed by atoms with E-state index in [0.717, 1.165) is 6.42 Å². The van der Waals surface area contributed by atoms with Gasteiger partial charge in [-0.2, -0.15) is 0 Å². The van der Waals surface area contributed by atoms with Gasteiger partial charge in [-0.25, -0.2) is 4.79 Å². The Morgan fingerprint density at radius 2 is 2.19 bits per heavy atom. The fourth-order valence-electron chi connectivity index (χ4n) is 2.99. The van der Waals surface area contributed by atoms with Crippen LogP contribution < -0.4 is 5.76 Å². The number of likely N-dealkylation sites (tertiary alicyclic amines) is 1. The molecule has 0 spiro atoms. The van der Waals surface area contributed by atoms with E-state index < -0.39 is 5.76 Å². The highest BCUT2D eigenvalue weighted by atomic mass is 16.4. The number of aliphatic hydroxyl groups is 1. The van der Waals surface area contributed by atoms with E-state index in [1.54, 1.807) is 29.2 Å². The summed E-state index contributed by atoms with van der Waals surface area (Å²) in [4.78, 5) is 26.0. The SMILES string of the molecule is CC1CCN(C(=O)Cn2c(=O)oc3ccccc32)C1CO. The smallest absolute Gasteiger partial charge is 0.408 e. The van der Waals surface area contributed by atoms with Crippen LogP contribution in [-0.4, -0.2) is 39.7 Å². The maximum absolute atomic E-state index is 12.4. The lowest BCUT2D eigenvalue weighted by Gasteiger charge is -2.25. The Labute approximate surface area is 121 Å². The molecule has 0 bridgehead atoms. The Kier molecular flexibility index (Phi) is 3.55. The van der Waals surface area contributed by atoms with Crippen LogP contribution in [0.2, 0.25) is 0 Å². The Hall–Kier alpha value is -2.08. The van der Waals surface area contributed by atoms with Gasteiger partial charge < -0.3 is 14.4 Å². The standard InChI is InChI=1S/C15H18N2O4/c1-10-6-7-16(12(10)9-18)14(19)8-17-11-4-2-3-5-13(11)21-15(17)20/h2-5,10,12,18H,6-9H2,1H3. The van der Waals surface area contributed by atoms with Gasteiger partial charge in [0.25, 0.3) is 0 Å². The summed E-state index contributed by atoms with van der Waals surface area (Å²) in [6.07, 6.45) is 0.873. The topological polar surface area (TPSA) is 75.7 Å². The fourth-order valence-corrected chi connectivity index (χ4v) is 2.99. The molecule has 3 rings (SSSR count). The molecule has 1 aromatic heterocycles. The number of hydrogen-bond donors (Lipinski definition) is 1. The molecule has 2 aromatic rings. The maximum atomic E-state index is 12.4. The number of carbonyl (C=O) groups is 1. The zero-order valence-electron chi connectivity index (χ0n) is 11.9. The second-order valence-electron chi connectivity index (χ2n) is 5.52. The number of nitrogens with zero attached hydrogens (tertiary/aromatic N) is 2. The van der Waals surface area contributed by atoms with Crippen molar-refractivity contribution in [3.8, 4) is 0 Å². The van der Waals surface area contributed by atoms with Crippen LogP contribution in [0.4, 0.5) is 0 Å². The van der Waals surface area contributed by atoms with E-state index in [-0.39, 0.29) is 31.0 Å². The summed E-state index contributed by atoms with van der Waals surface area (Å²) < 4.78 is 6.47. The molecule has 21 heavy (non-hydrogen) atoms. The largest absolute Gasteiger partial charge is 0.420 e. The van der Waals surface area contributed by atoms with Crippen molar-refractivity contribution in [3.05, 3.63) is 34.8 Å². The summed E-state index contributed by atoms with van der Waals surface area (Å²) in [5, 5.41) is 9.43. The van der Waals surface area contributed by atoms with E-state index in [2.05, 4.69) is 0 Å². The van der Waals surface area contributed by atoms with Crippen LogP contribution in [0.1, 0.15) is 13.3 Å². The monoisotopic (exact) mass is 290 g/mol. The van der Waals surface area contributed by atoms with Gasteiger partial charge in [0.05, 0.1) is 18.2 Å². The maximum Gasteiger partial charge on any atom is 0.420 e. The van der Waals surface area contributed by atoms with Crippen molar-refractivity contribution in [3.63, 3.8) is 0 Å². The van der Waals surface area contributed by atoms with Crippen LogP contribution in [0.5, 0.6) is 0 Å². The van der Waals surface area contributed by atoms with Gasteiger partial charge in [-0.05, 0) is 24.5 Å². The number of aliphatic hydroxyl groups excluding tert-OH is 1. The van der Waals surface area contributed by atoms with E-state index in [1.807, 2.05) is 6.92 Å². The minimum absolute atomic E-state index is 0.0477. The quantitative estimate of drug-likeness (QED) is 0.908. The number of benzene rings is 1. The molecule has 2 atom stereocenters. The number of rotatable bonds is 3. The average molecular weight is 290 g/mol. The second kappa shape index (κ2) is 5.37. The van der Waals surface area contributed by atoms with Gasteiger partial charge in [0.2, 0.25) is 5.91 Å². The Morgan fingerprint density at radius 1 is 1.43 bits per heavy atom. The molecule has 1 saturated heterocycles. The van der Waals surface area contributed by atoms with Crippen molar-refractivity contribution in [2.24, 2.45) is 5.92 Å². The van der Waals surface area contributed by atoms with Crippen LogP contribution in [-0.2, 0) is 11.3 Å². The first-order valence-electron chi connectivity index (χ1n) is 7.10. The molecular weight excluding hydrogens is 272 g/mol. The number of oxazole rings is 1. The first-order valence-corrected chi connectivity index (χ1v) is 7.10. The molecule has 1 N–H and O–H groups in total. The number of para-hydroxylation sites is 2. The van der Waals surface area contributed by atoms with Gasteiger partial charge in [0, 0.05) is 6.54 Å². The van der Waals surface area contributed by atoms with E-state index in [4.69, 9.17) is 4.42 Å². The molecular formula is C15H18N2O4. The number of hydrogen-bond acceptors (Lipinski definition) is 4. The normalized spacial score (nSPS) is 22.1. The molecule has 0 saturated carbocycles. The minimum Gasteiger partial charge on any atom is -0.408 e. The highest BCUT2D eigenvalue weighted by Gasteiger charge is 2.34. The molecule has 1 aliphatic heterocycles. The molecule has 1 aliphatic rings. The number of carbonyl (C=O) groups excluding carboxylic acids is 1. The summed E-state index contributed by atoms with van der Waals surface area (Å²) >= 11 is 0. The summed E-state index contributed by atoms with van der Waals surface area (Å²) in [7, 11) is 0. The molecule has 6 nitrogen and oxygen atoms in total. The summed E-state index contributed by atoms with van der Waals surface area (Å²) in [5.74, 6) is -0.416.